The highest BCUT2D eigenvalue weighted by molar-refractivity contribution is 5.36. The number of nitrogens with one attached hydrogen (secondary N) is 1. The van der Waals surface area contributed by atoms with Crippen molar-refractivity contribution in [1.29, 1.82) is 5.26 Å². The molecule has 2 nitrogen and oxygen atoms in total. The molecule has 1 unspecified atom stereocenters. The van der Waals surface area contributed by atoms with Crippen molar-refractivity contribution in [2.75, 3.05) is 6.54 Å². The van der Waals surface area contributed by atoms with E-state index in [9.17, 15) is 5.26 Å². The molecule has 2 aromatic rings. The van der Waals surface area contributed by atoms with Gasteiger partial charge in [-0.25, -0.2) is 0 Å². The maximum atomic E-state index is 9.44. The third-order valence-corrected chi connectivity index (χ3v) is 3.21. The minimum Gasteiger partial charge on any atom is -0.301 e. The number of hydrogen-bond donors (Lipinski definition) is 1. The summed E-state index contributed by atoms with van der Waals surface area (Å²) in [5, 5.41) is 12.7. The number of rotatable bonds is 5. The van der Waals surface area contributed by atoms with Gasteiger partial charge >= 0.3 is 0 Å². The Balaban J connectivity index is 2.42. The molecule has 2 heteroatoms. The first kappa shape index (κ1) is 13.3. The first-order chi connectivity index (χ1) is 9.36. The fourth-order valence-corrected chi connectivity index (χ4v) is 2.36. The molecule has 0 amide bonds. The van der Waals surface area contributed by atoms with E-state index in [1.54, 1.807) is 0 Å². The van der Waals surface area contributed by atoms with Gasteiger partial charge in [0.05, 0.1) is 6.07 Å². The molecule has 0 radical (unpaired) electrons. The third-order valence-electron chi connectivity index (χ3n) is 3.21. The second-order valence-corrected chi connectivity index (χ2v) is 4.46. The number of nitriles is 1. The Bertz CT molecular complexity index is 489. The lowest BCUT2D eigenvalue weighted by atomic mass is 9.85. The van der Waals surface area contributed by atoms with Gasteiger partial charge < -0.3 is 5.32 Å². The summed E-state index contributed by atoms with van der Waals surface area (Å²) in [7, 11) is 0. The van der Waals surface area contributed by atoms with E-state index >= 15 is 0 Å². The maximum Gasteiger partial charge on any atom is 0.106 e. The van der Waals surface area contributed by atoms with Crippen molar-refractivity contribution in [1.82, 2.24) is 5.32 Å². The van der Waals surface area contributed by atoms with E-state index in [2.05, 4.69) is 35.7 Å². The largest absolute Gasteiger partial charge is 0.301 e. The van der Waals surface area contributed by atoms with E-state index in [1.165, 1.54) is 11.1 Å². The van der Waals surface area contributed by atoms with Gasteiger partial charge in [0.15, 0.2) is 0 Å². The topological polar surface area (TPSA) is 35.8 Å². The molecule has 0 aliphatic carbocycles. The van der Waals surface area contributed by atoms with Crippen molar-refractivity contribution in [2.45, 2.75) is 18.9 Å². The van der Waals surface area contributed by atoms with Crippen molar-refractivity contribution in [3.8, 4) is 6.07 Å². The molecule has 1 atom stereocenters. The zero-order chi connectivity index (χ0) is 13.5. The van der Waals surface area contributed by atoms with Crippen molar-refractivity contribution < 1.29 is 0 Å². The van der Waals surface area contributed by atoms with Gasteiger partial charge in [0, 0.05) is 5.92 Å². The van der Waals surface area contributed by atoms with Crippen molar-refractivity contribution in [3.05, 3.63) is 71.8 Å². The van der Waals surface area contributed by atoms with Gasteiger partial charge in [-0.2, -0.15) is 5.26 Å². The van der Waals surface area contributed by atoms with Crippen LogP contribution in [-0.2, 0) is 0 Å². The first-order valence-corrected chi connectivity index (χ1v) is 6.59. The Labute approximate surface area is 114 Å². The maximum absolute atomic E-state index is 9.44. The Morgan fingerprint density at radius 2 is 1.42 bits per heavy atom. The highest BCUT2D eigenvalue weighted by atomic mass is 14.9. The van der Waals surface area contributed by atoms with Gasteiger partial charge in [0.1, 0.15) is 6.04 Å². The van der Waals surface area contributed by atoms with Crippen LogP contribution in [0.1, 0.15) is 24.0 Å². The van der Waals surface area contributed by atoms with Gasteiger partial charge in [-0.3, -0.25) is 0 Å². The normalized spacial score (nSPS) is 12.1. The lowest BCUT2D eigenvalue weighted by Crippen LogP contribution is -2.34. The van der Waals surface area contributed by atoms with Crippen LogP contribution in [0.15, 0.2) is 60.7 Å². The van der Waals surface area contributed by atoms with Gasteiger partial charge in [0.2, 0.25) is 0 Å². The van der Waals surface area contributed by atoms with Crippen LogP contribution in [-0.4, -0.2) is 12.6 Å². The Morgan fingerprint density at radius 3 is 1.79 bits per heavy atom. The molecule has 0 aliphatic heterocycles. The third kappa shape index (κ3) is 3.21. The summed E-state index contributed by atoms with van der Waals surface area (Å²) in [5.74, 6) is 0.0624. The second kappa shape index (κ2) is 6.72. The summed E-state index contributed by atoms with van der Waals surface area (Å²) in [4.78, 5) is 0. The van der Waals surface area contributed by atoms with E-state index in [0.717, 1.165) is 6.54 Å². The predicted octanol–water partition coefficient (Wildman–Crippen LogP) is 3.32. The summed E-state index contributed by atoms with van der Waals surface area (Å²) in [6.07, 6.45) is 0. The average molecular weight is 250 g/mol. The SMILES string of the molecule is CCNC(C#N)C(c1ccccc1)c1ccccc1. The zero-order valence-corrected chi connectivity index (χ0v) is 11.1. The molecular weight excluding hydrogens is 232 g/mol. The highest BCUT2D eigenvalue weighted by Gasteiger charge is 2.23. The number of nitrogens with zero attached hydrogens (tertiary/aromatic N) is 1. The van der Waals surface area contributed by atoms with Crippen LogP contribution in [0.3, 0.4) is 0 Å². The van der Waals surface area contributed by atoms with E-state index in [4.69, 9.17) is 0 Å². The summed E-state index contributed by atoms with van der Waals surface area (Å²) in [6.45, 7) is 2.81. The molecule has 0 aliphatic rings. The van der Waals surface area contributed by atoms with E-state index in [0.29, 0.717) is 0 Å². The number of hydrogen-bond acceptors (Lipinski definition) is 2. The van der Waals surface area contributed by atoms with Gasteiger partial charge in [-0.05, 0) is 17.7 Å². The van der Waals surface area contributed by atoms with Crippen molar-refractivity contribution >= 4 is 0 Å². The molecule has 0 saturated carbocycles. The number of benzene rings is 2. The summed E-state index contributed by atoms with van der Waals surface area (Å²) >= 11 is 0. The van der Waals surface area contributed by atoms with Gasteiger partial charge in [0.25, 0.3) is 0 Å². The molecule has 19 heavy (non-hydrogen) atoms. The standard InChI is InChI=1S/C17H18N2/c1-2-19-16(13-18)17(14-9-5-3-6-10-14)15-11-7-4-8-12-15/h3-12,16-17,19H,2H2,1H3. The summed E-state index contributed by atoms with van der Waals surface area (Å²) < 4.78 is 0. The molecule has 0 spiro atoms. The van der Waals surface area contributed by atoms with Gasteiger partial charge in [-0.1, -0.05) is 67.6 Å². The molecule has 0 aromatic heterocycles. The van der Waals surface area contributed by atoms with Crippen molar-refractivity contribution in [2.24, 2.45) is 0 Å². The van der Waals surface area contributed by atoms with Crippen molar-refractivity contribution in [3.63, 3.8) is 0 Å². The molecule has 0 fully saturated rings. The Morgan fingerprint density at radius 1 is 0.947 bits per heavy atom. The zero-order valence-electron chi connectivity index (χ0n) is 11.1. The molecule has 2 aromatic carbocycles. The molecule has 0 bridgehead atoms. The molecule has 96 valence electrons. The minimum absolute atomic E-state index is 0.0624. The quantitative estimate of drug-likeness (QED) is 0.883. The predicted molar refractivity (Wildman–Crippen MR) is 77.8 cm³/mol. The van der Waals surface area contributed by atoms with Crippen LogP contribution in [0.2, 0.25) is 0 Å². The molecule has 2 rings (SSSR count). The average Bonchev–Trinajstić information content (AvgIpc) is 2.49. The lowest BCUT2D eigenvalue weighted by Gasteiger charge is -2.23. The molecule has 1 N–H and O–H groups in total. The monoisotopic (exact) mass is 250 g/mol. The molecular formula is C17H18N2. The number of likely N-dealkylation sites (N-methyl/N-ethyl adjacent to an activating group) is 1. The smallest absolute Gasteiger partial charge is 0.106 e. The lowest BCUT2D eigenvalue weighted by molar-refractivity contribution is 0.567. The minimum atomic E-state index is -0.213. The van der Waals surface area contributed by atoms with E-state index < -0.39 is 0 Å². The van der Waals surface area contributed by atoms with E-state index in [-0.39, 0.29) is 12.0 Å². The van der Waals surface area contributed by atoms with Crippen LogP contribution in [0.4, 0.5) is 0 Å². The van der Waals surface area contributed by atoms with Crippen LogP contribution >= 0.6 is 0 Å². The Hall–Kier alpha value is -2.11. The van der Waals surface area contributed by atoms with Crippen LogP contribution in [0.25, 0.3) is 0 Å². The van der Waals surface area contributed by atoms with E-state index in [1.807, 2.05) is 43.3 Å². The fraction of sp³-hybridized carbons (Fsp3) is 0.235. The Kier molecular flexibility index (Phi) is 4.72. The summed E-state index contributed by atoms with van der Waals surface area (Å²) in [6, 6.07) is 22.6. The molecule has 0 saturated heterocycles. The summed E-state index contributed by atoms with van der Waals surface area (Å²) in [5.41, 5.74) is 2.34. The first-order valence-electron chi connectivity index (χ1n) is 6.59. The van der Waals surface area contributed by atoms with Crippen LogP contribution in [0.5, 0.6) is 0 Å². The van der Waals surface area contributed by atoms with Crippen LogP contribution in [0, 0.1) is 11.3 Å². The fourth-order valence-electron chi connectivity index (χ4n) is 2.36. The van der Waals surface area contributed by atoms with Gasteiger partial charge in [-0.15, -0.1) is 0 Å². The highest BCUT2D eigenvalue weighted by Crippen LogP contribution is 2.27. The molecule has 0 heterocycles. The second-order valence-electron chi connectivity index (χ2n) is 4.46. The van der Waals surface area contributed by atoms with Crippen LogP contribution < -0.4 is 5.32 Å².